The van der Waals surface area contributed by atoms with Gasteiger partial charge in [0.1, 0.15) is 5.75 Å². The summed E-state index contributed by atoms with van der Waals surface area (Å²) >= 11 is 0. The monoisotopic (exact) mass is 270 g/mol. The van der Waals surface area contributed by atoms with Gasteiger partial charge in [-0.15, -0.1) is 12.4 Å². The highest BCUT2D eigenvalue weighted by molar-refractivity contribution is 5.92. The maximum Gasteiger partial charge on any atom is 0.228 e. The Hall–Kier alpha value is -1.26. The number of ether oxygens (including phenoxy) is 1. The van der Waals surface area contributed by atoms with Crippen molar-refractivity contribution in [1.29, 1.82) is 0 Å². The Bertz CT molecular complexity index is 392. The van der Waals surface area contributed by atoms with Crippen molar-refractivity contribution >= 4 is 24.0 Å². The molecule has 0 aromatic heterocycles. The normalized spacial score (nSPS) is 18.6. The summed E-state index contributed by atoms with van der Waals surface area (Å²) in [5.41, 5.74) is 0.792. The summed E-state index contributed by atoms with van der Waals surface area (Å²) in [5, 5.41) is 6.17. The molecule has 1 atom stereocenters. The van der Waals surface area contributed by atoms with Crippen molar-refractivity contribution in [2.45, 2.75) is 12.8 Å². The average molecular weight is 271 g/mol. The lowest BCUT2D eigenvalue weighted by Crippen LogP contribution is -2.37. The summed E-state index contributed by atoms with van der Waals surface area (Å²) in [6.07, 6.45) is 2.03. The number of nitrogens with one attached hydrogen (secondary N) is 2. The first-order valence-corrected chi connectivity index (χ1v) is 5.95. The van der Waals surface area contributed by atoms with Crippen LogP contribution in [0.1, 0.15) is 12.8 Å². The number of carbonyl (C=O) groups excluding carboxylic acids is 1. The smallest absolute Gasteiger partial charge is 0.228 e. The summed E-state index contributed by atoms with van der Waals surface area (Å²) in [4.78, 5) is 12.0. The zero-order chi connectivity index (χ0) is 12.1. The molecule has 1 aromatic rings. The molecular formula is C13H19ClN2O2. The minimum Gasteiger partial charge on any atom is -0.497 e. The zero-order valence-electron chi connectivity index (χ0n) is 10.4. The molecule has 0 radical (unpaired) electrons. The van der Waals surface area contributed by atoms with Crippen molar-refractivity contribution in [3.63, 3.8) is 0 Å². The van der Waals surface area contributed by atoms with Crippen molar-refractivity contribution in [2.75, 3.05) is 25.5 Å². The van der Waals surface area contributed by atoms with Gasteiger partial charge in [-0.25, -0.2) is 0 Å². The van der Waals surface area contributed by atoms with Crippen LogP contribution in [0.15, 0.2) is 24.3 Å². The highest BCUT2D eigenvalue weighted by Crippen LogP contribution is 2.18. The number of rotatable bonds is 3. The maximum absolute atomic E-state index is 12.0. The molecule has 1 aromatic carbocycles. The number of amides is 1. The third kappa shape index (κ3) is 3.89. The molecule has 1 aliphatic rings. The van der Waals surface area contributed by atoms with Crippen LogP contribution in [-0.2, 0) is 4.79 Å². The largest absolute Gasteiger partial charge is 0.497 e. The van der Waals surface area contributed by atoms with Gasteiger partial charge in [0.25, 0.3) is 0 Å². The van der Waals surface area contributed by atoms with Crippen molar-refractivity contribution in [3.8, 4) is 5.75 Å². The molecule has 100 valence electrons. The second-order valence-electron chi connectivity index (χ2n) is 4.26. The molecular weight excluding hydrogens is 252 g/mol. The first kappa shape index (κ1) is 14.8. The number of hydrogen-bond donors (Lipinski definition) is 2. The van der Waals surface area contributed by atoms with E-state index in [1.54, 1.807) is 7.11 Å². The van der Waals surface area contributed by atoms with Gasteiger partial charge in [0.2, 0.25) is 5.91 Å². The van der Waals surface area contributed by atoms with E-state index in [9.17, 15) is 4.79 Å². The standard InChI is InChI=1S/C13H18N2O2.ClH/c1-17-12-6-2-5-11(8-12)15-13(16)10-4-3-7-14-9-10;/h2,5-6,8,10,14H,3-4,7,9H2,1H3,(H,15,16);1H/t10-;/m1./s1. The fourth-order valence-corrected chi connectivity index (χ4v) is 2.02. The Morgan fingerprint density at radius 1 is 1.50 bits per heavy atom. The van der Waals surface area contributed by atoms with Crippen LogP contribution in [0.3, 0.4) is 0 Å². The fraction of sp³-hybridized carbons (Fsp3) is 0.462. The highest BCUT2D eigenvalue weighted by Gasteiger charge is 2.20. The van der Waals surface area contributed by atoms with Gasteiger partial charge in [0.15, 0.2) is 0 Å². The van der Waals surface area contributed by atoms with Crippen LogP contribution in [0.2, 0.25) is 0 Å². The molecule has 1 amide bonds. The molecule has 2 rings (SSSR count). The van der Waals surface area contributed by atoms with E-state index < -0.39 is 0 Å². The predicted octanol–water partition coefficient (Wildman–Crippen LogP) is 2.06. The summed E-state index contributed by atoms with van der Waals surface area (Å²) in [5.74, 6) is 0.921. The van der Waals surface area contributed by atoms with E-state index in [2.05, 4.69) is 10.6 Å². The fourth-order valence-electron chi connectivity index (χ4n) is 2.02. The van der Waals surface area contributed by atoms with Gasteiger partial charge in [-0.05, 0) is 31.5 Å². The van der Waals surface area contributed by atoms with Crippen LogP contribution in [-0.4, -0.2) is 26.1 Å². The van der Waals surface area contributed by atoms with E-state index in [4.69, 9.17) is 4.74 Å². The number of halogens is 1. The van der Waals surface area contributed by atoms with Crippen LogP contribution in [0.5, 0.6) is 5.75 Å². The lowest BCUT2D eigenvalue weighted by molar-refractivity contribution is -0.120. The van der Waals surface area contributed by atoms with E-state index in [0.717, 1.165) is 37.4 Å². The van der Waals surface area contributed by atoms with E-state index >= 15 is 0 Å². The molecule has 1 saturated heterocycles. The van der Waals surface area contributed by atoms with Crippen LogP contribution in [0.4, 0.5) is 5.69 Å². The van der Waals surface area contributed by atoms with Crippen LogP contribution in [0.25, 0.3) is 0 Å². The predicted molar refractivity (Wildman–Crippen MR) is 74.5 cm³/mol. The molecule has 0 aliphatic carbocycles. The number of methoxy groups -OCH3 is 1. The Balaban J connectivity index is 0.00000162. The van der Waals surface area contributed by atoms with Gasteiger partial charge in [0, 0.05) is 18.3 Å². The topological polar surface area (TPSA) is 50.4 Å². The Morgan fingerprint density at radius 3 is 3.00 bits per heavy atom. The number of piperidine rings is 1. The van der Waals surface area contributed by atoms with Crippen molar-refractivity contribution in [2.24, 2.45) is 5.92 Å². The molecule has 0 bridgehead atoms. The molecule has 0 unspecified atom stereocenters. The van der Waals surface area contributed by atoms with E-state index in [1.165, 1.54) is 0 Å². The van der Waals surface area contributed by atoms with Gasteiger partial charge in [0.05, 0.1) is 13.0 Å². The Kier molecular flexibility index (Phi) is 5.95. The second-order valence-corrected chi connectivity index (χ2v) is 4.26. The number of anilines is 1. The molecule has 1 heterocycles. The minimum absolute atomic E-state index is 0. The summed E-state index contributed by atoms with van der Waals surface area (Å²) < 4.78 is 5.12. The minimum atomic E-state index is 0. The molecule has 1 aliphatic heterocycles. The van der Waals surface area contributed by atoms with E-state index in [1.807, 2.05) is 24.3 Å². The van der Waals surface area contributed by atoms with Gasteiger partial charge < -0.3 is 15.4 Å². The zero-order valence-corrected chi connectivity index (χ0v) is 11.3. The van der Waals surface area contributed by atoms with Gasteiger partial charge in [-0.3, -0.25) is 4.79 Å². The van der Waals surface area contributed by atoms with Crippen molar-refractivity contribution < 1.29 is 9.53 Å². The second kappa shape index (κ2) is 7.24. The summed E-state index contributed by atoms with van der Waals surface area (Å²) in [6, 6.07) is 7.43. The SMILES string of the molecule is COc1cccc(NC(=O)[C@@H]2CCCNC2)c1.Cl. The molecule has 18 heavy (non-hydrogen) atoms. The van der Waals surface area contributed by atoms with E-state index in [0.29, 0.717) is 0 Å². The van der Waals surface area contributed by atoms with Crippen LogP contribution < -0.4 is 15.4 Å². The third-order valence-electron chi connectivity index (χ3n) is 3.00. The van der Waals surface area contributed by atoms with Crippen LogP contribution in [0, 0.1) is 5.92 Å². The Labute approximate surface area is 114 Å². The first-order chi connectivity index (χ1) is 8.29. The molecule has 5 heteroatoms. The number of hydrogen-bond acceptors (Lipinski definition) is 3. The quantitative estimate of drug-likeness (QED) is 0.884. The maximum atomic E-state index is 12.0. The van der Waals surface area contributed by atoms with E-state index in [-0.39, 0.29) is 24.2 Å². The summed E-state index contributed by atoms with van der Waals surface area (Å²) in [7, 11) is 1.62. The molecule has 1 fully saturated rings. The molecule has 0 spiro atoms. The number of benzene rings is 1. The molecule has 2 N–H and O–H groups in total. The highest BCUT2D eigenvalue weighted by atomic mass is 35.5. The van der Waals surface area contributed by atoms with Crippen molar-refractivity contribution in [1.82, 2.24) is 5.32 Å². The lowest BCUT2D eigenvalue weighted by Gasteiger charge is -2.21. The number of carbonyl (C=O) groups is 1. The van der Waals surface area contributed by atoms with Gasteiger partial charge >= 0.3 is 0 Å². The van der Waals surface area contributed by atoms with Gasteiger partial charge in [-0.2, -0.15) is 0 Å². The molecule has 0 saturated carbocycles. The first-order valence-electron chi connectivity index (χ1n) is 5.95. The Morgan fingerprint density at radius 2 is 2.33 bits per heavy atom. The average Bonchev–Trinajstić information content (AvgIpc) is 2.40. The molecule has 4 nitrogen and oxygen atoms in total. The summed E-state index contributed by atoms with van der Waals surface area (Å²) in [6.45, 7) is 1.79. The lowest BCUT2D eigenvalue weighted by atomic mass is 9.99. The van der Waals surface area contributed by atoms with Gasteiger partial charge in [-0.1, -0.05) is 6.07 Å². The third-order valence-corrected chi connectivity index (χ3v) is 3.00. The van der Waals surface area contributed by atoms with Crippen LogP contribution >= 0.6 is 12.4 Å². The van der Waals surface area contributed by atoms with Crippen molar-refractivity contribution in [3.05, 3.63) is 24.3 Å².